The van der Waals surface area contributed by atoms with Crippen LogP contribution < -0.4 is 5.32 Å². The first-order valence-electron chi connectivity index (χ1n) is 6.03. The highest BCUT2D eigenvalue weighted by atomic mass is 16.4. The van der Waals surface area contributed by atoms with Gasteiger partial charge in [0.1, 0.15) is 17.1 Å². The summed E-state index contributed by atoms with van der Waals surface area (Å²) >= 11 is 0. The Morgan fingerprint density at radius 3 is 2.67 bits per heavy atom. The highest BCUT2D eigenvalue weighted by Crippen LogP contribution is 2.14. The van der Waals surface area contributed by atoms with E-state index < -0.39 is 5.97 Å². The molecule has 0 bridgehead atoms. The minimum Gasteiger partial charge on any atom is -0.478 e. The number of rotatable bonds is 6. The molecule has 0 radical (unpaired) electrons. The maximum atomic E-state index is 11.5. The molecular weight excluding hydrogens is 234 g/mol. The molecular formula is C13H19NO4. The molecule has 1 atom stereocenters. The van der Waals surface area contributed by atoms with Crippen LogP contribution in [0.15, 0.2) is 10.5 Å². The quantitative estimate of drug-likeness (QED) is 0.815. The lowest BCUT2D eigenvalue weighted by atomic mass is 10.1. The number of aromatic carboxylic acids is 1. The molecule has 18 heavy (non-hydrogen) atoms. The van der Waals surface area contributed by atoms with Crippen molar-refractivity contribution in [2.45, 2.75) is 40.2 Å². The van der Waals surface area contributed by atoms with E-state index >= 15 is 0 Å². The molecule has 5 nitrogen and oxygen atoms in total. The van der Waals surface area contributed by atoms with E-state index in [2.05, 4.69) is 5.32 Å². The van der Waals surface area contributed by atoms with E-state index in [1.54, 1.807) is 6.92 Å². The number of carbonyl (C=O) groups is 2. The van der Waals surface area contributed by atoms with E-state index in [1.807, 2.05) is 13.8 Å². The zero-order valence-electron chi connectivity index (χ0n) is 10.9. The van der Waals surface area contributed by atoms with Crippen LogP contribution in [0.4, 0.5) is 0 Å². The van der Waals surface area contributed by atoms with Crippen LogP contribution in [0.25, 0.3) is 0 Å². The van der Waals surface area contributed by atoms with Gasteiger partial charge in [0.25, 0.3) is 0 Å². The first-order valence-corrected chi connectivity index (χ1v) is 6.03. The van der Waals surface area contributed by atoms with Gasteiger partial charge in [0.05, 0.1) is 6.54 Å². The Hall–Kier alpha value is -1.78. The fourth-order valence-electron chi connectivity index (χ4n) is 1.56. The van der Waals surface area contributed by atoms with E-state index in [0.717, 1.165) is 6.42 Å². The summed E-state index contributed by atoms with van der Waals surface area (Å²) in [5.41, 5.74) is 0.140. The van der Waals surface area contributed by atoms with Crippen LogP contribution in [0.5, 0.6) is 0 Å². The maximum Gasteiger partial charge on any atom is 0.339 e. The molecule has 1 amide bonds. The molecule has 0 aliphatic carbocycles. The van der Waals surface area contributed by atoms with Crippen LogP contribution in [0.1, 0.15) is 48.6 Å². The standard InChI is InChI=1S/C13H19NO4/c1-4-8(2)5-12(15)14-7-10-6-11(13(16)17)9(3)18-10/h6,8H,4-5,7H2,1-3H3,(H,14,15)(H,16,17). The van der Waals surface area contributed by atoms with Gasteiger partial charge in [0, 0.05) is 6.42 Å². The van der Waals surface area contributed by atoms with Gasteiger partial charge in [0.15, 0.2) is 0 Å². The SMILES string of the molecule is CCC(C)CC(=O)NCc1cc(C(=O)O)c(C)o1. The van der Waals surface area contributed by atoms with Gasteiger partial charge in [-0.3, -0.25) is 4.79 Å². The number of nitrogens with one attached hydrogen (secondary N) is 1. The third-order valence-corrected chi connectivity index (χ3v) is 2.89. The number of carbonyl (C=O) groups excluding carboxylic acids is 1. The lowest BCUT2D eigenvalue weighted by Crippen LogP contribution is -2.24. The molecule has 1 aromatic heterocycles. The van der Waals surface area contributed by atoms with E-state index in [9.17, 15) is 9.59 Å². The molecule has 0 aliphatic heterocycles. The minimum absolute atomic E-state index is 0.0460. The minimum atomic E-state index is -1.02. The van der Waals surface area contributed by atoms with Gasteiger partial charge in [0.2, 0.25) is 5.91 Å². The molecule has 5 heteroatoms. The van der Waals surface area contributed by atoms with Gasteiger partial charge < -0.3 is 14.8 Å². The van der Waals surface area contributed by atoms with Crippen LogP contribution in [0.3, 0.4) is 0 Å². The van der Waals surface area contributed by atoms with E-state index in [1.165, 1.54) is 6.07 Å². The van der Waals surface area contributed by atoms with Crippen molar-refractivity contribution in [1.29, 1.82) is 0 Å². The van der Waals surface area contributed by atoms with Crippen molar-refractivity contribution in [2.75, 3.05) is 0 Å². The number of carboxylic acid groups (broad SMARTS) is 1. The summed E-state index contributed by atoms with van der Waals surface area (Å²) in [7, 11) is 0. The number of hydrogen-bond donors (Lipinski definition) is 2. The summed E-state index contributed by atoms with van der Waals surface area (Å²) in [4.78, 5) is 22.4. The van der Waals surface area contributed by atoms with E-state index in [4.69, 9.17) is 9.52 Å². The normalized spacial score (nSPS) is 12.2. The van der Waals surface area contributed by atoms with E-state index in [-0.39, 0.29) is 18.0 Å². The number of aryl methyl sites for hydroxylation is 1. The Kier molecular flexibility index (Phi) is 4.95. The molecule has 0 aromatic carbocycles. The lowest BCUT2D eigenvalue weighted by Gasteiger charge is -2.07. The summed E-state index contributed by atoms with van der Waals surface area (Å²) in [5, 5.41) is 11.6. The van der Waals surface area contributed by atoms with E-state index in [0.29, 0.717) is 23.9 Å². The first-order chi connectivity index (χ1) is 8.43. The van der Waals surface area contributed by atoms with Crippen molar-refractivity contribution in [1.82, 2.24) is 5.32 Å². The third kappa shape index (κ3) is 3.91. The van der Waals surface area contributed by atoms with Gasteiger partial charge in [-0.15, -0.1) is 0 Å². The summed E-state index contributed by atoms with van der Waals surface area (Å²) in [6.07, 6.45) is 1.43. The summed E-state index contributed by atoms with van der Waals surface area (Å²) < 4.78 is 5.26. The van der Waals surface area contributed by atoms with Gasteiger partial charge in [-0.25, -0.2) is 4.79 Å². The molecule has 0 saturated heterocycles. The Morgan fingerprint density at radius 1 is 1.50 bits per heavy atom. The van der Waals surface area contributed by atoms with Crippen molar-refractivity contribution in [2.24, 2.45) is 5.92 Å². The van der Waals surface area contributed by atoms with Crippen molar-refractivity contribution < 1.29 is 19.1 Å². The average molecular weight is 253 g/mol. The van der Waals surface area contributed by atoms with Gasteiger partial charge >= 0.3 is 5.97 Å². The Morgan fingerprint density at radius 2 is 2.17 bits per heavy atom. The molecule has 1 aromatic rings. The number of hydrogen-bond acceptors (Lipinski definition) is 3. The number of amides is 1. The fraction of sp³-hybridized carbons (Fsp3) is 0.538. The second kappa shape index (κ2) is 6.23. The number of furan rings is 1. The number of carboxylic acids is 1. The highest BCUT2D eigenvalue weighted by Gasteiger charge is 2.14. The predicted octanol–water partition coefficient (Wildman–Crippen LogP) is 2.34. The van der Waals surface area contributed by atoms with Gasteiger partial charge in [-0.1, -0.05) is 20.3 Å². The molecule has 0 spiro atoms. The largest absolute Gasteiger partial charge is 0.478 e. The van der Waals surface area contributed by atoms with Crippen LogP contribution in [-0.2, 0) is 11.3 Å². The maximum absolute atomic E-state index is 11.5. The monoisotopic (exact) mass is 253 g/mol. The molecule has 1 rings (SSSR count). The Labute approximate surface area is 106 Å². The molecule has 0 aliphatic rings. The lowest BCUT2D eigenvalue weighted by molar-refractivity contribution is -0.122. The van der Waals surface area contributed by atoms with Gasteiger partial charge in [-0.05, 0) is 18.9 Å². The molecule has 1 unspecified atom stereocenters. The third-order valence-electron chi connectivity index (χ3n) is 2.89. The Balaban J connectivity index is 2.51. The predicted molar refractivity (Wildman–Crippen MR) is 66.3 cm³/mol. The molecule has 1 heterocycles. The molecule has 0 saturated carbocycles. The van der Waals surface area contributed by atoms with Gasteiger partial charge in [-0.2, -0.15) is 0 Å². The van der Waals surface area contributed by atoms with Crippen LogP contribution in [0, 0.1) is 12.8 Å². The average Bonchev–Trinajstić information content (AvgIpc) is 2.68. The molecule has 2 N–H and O–H groups in total. The van der Waals surface area contributed by atoms with Crippen LogP contribution in [-0.4, -0.2) is 17.0 Å². The van der Waals surface area contributed by atoms with Crippen LogP contribution in [0.2, 0.25) is 0 Å². The second-order valence-electron chi connectivity index (χ2n) is 4.48. The summed E-state index contributed by atoms with van der Waals surface area (Å²) in [6, 6.07) is 1.45. The van der Waals surface area contributed by atoms with Crippen molar-refractivity contribution in [3.63, 3.8) is 0 Å². The summed E-state index contributed by atoms with van der Waals surface area (Å²) in [5.74, 6) is 0.0951. The Bertz CT molecular complexity index is 436. The topological polar surface area (TPSA) is 79.5 Å². The second-order valence-corrected chi connectivity index (χ2v) is 4.48. The smallest absolute Gasteiger partial charge is 0.339 e. The molecule has 100 valence electrons. The zero-order valence-corrected chi connectivity index (χ0v) is 10.9. The van der Waals surface area contributed by atoms with Crippen molar-refractivity contribution in [3.8, 4) is 0 Å². The first kappa shape index (κ1) is 14.3. The highest BCUT2D eigenvalue weighted by molar-refractivity contribution is 5.88. The zero-order chi connectivity index (χ0) is 13.7. The summed E-state index contributed by atoms with van der Waals surface area (Å²) in [6.45, 7) is 5.86. The fourth-order valence-corrected chi connectivity index (χ4v) is 1.56. The molecule has 0 fully saturated rings. The van der Waals surface area contributed by atoms with Crippen molar-refractivity contribution in [3.05, 3.63) is 23.2 Å². The van der Waals surface area contributed by atoms with Crippen molar-refractivity contribution >= 4 is 11.9 Å². The van der Waals surface area contributed by atoms with Crippen LogP contribution >= 0.6 is 0 Å².